The first-order chi connectivity index (χ1) is 16.8. The zero-order valence-corrected chi connectivity index (χ0v) is 20.2. The fourth-order valence-electron chi connectivity index (χ4n) is 4.82. The summed E-state index contributed by atoms with van der Waals surface area (Å²) >= 11 is 6.84. The van der Waals surface area contributed by atoms with Gasteiger partial charge in [-0.05, 0) is 51.2 Å². The Kier molecular flexibility index (Phi) is 6.45. The molecule has 182 valence electrons. The van der Waals surface area contributed by atoms with E-state index in [9.17, 15) is 14.0 Å². The topological polar surface area (TPSA) is 54.7 Å². The summed E-state index contributed by atoms with van der Waals surface area (Å²) in [4.78, 5) is 31.5. The monoisotopic (exact) mass is 497 g/mol. The molecular formula is C27H26ClF2N3O2. The molecule has 1 aliphatic carbocycles. The highest BCUT2D eigenvalue weighted by molar-refractivity contribution is 6.38. The Morgan fingerprint density at radius 2 is 1.91 bits per heavy atom. The average molecular weight is 498 g/mol. The van der Waals surface area contributed by atoms with Gasteiger partial charge in [0.2, 0.25) is 0 Å². The predicted octanol–water partition coefficient (Wildman–Crippen LogP) is 5.95. The first-order valence-corrected chi connectivity index (χ1v) is 12.3. The molecular weight excluding hydrogens is 472 g/mol. The van der Waals surface area contributed by atoms with Gasteiger partial charge in [-0.1, -0.05) is 29.8 Å². The van der Waals surface area contributed by atoms with Gasteiger partial charge in [0, 0.05) is 37.1 Å². The third kappa shape index (κ3) is 4.61. The molecule has 2 heterocycles. The molecule has 0 spiro atoms. The van der Waals surface area contributed by atoms with Crippen molar-refractivity contribution in [2.75, 3.05) is 18.0 Å². The van der Waals surface area contributed by atoms with E-state index in [0.29, 0.717) is 24.2 Å². The van der Waals surface area contributed by atoms with Crippen molar-refractivity contribution in [3.63, 3.8) is 0 Å². The Labute approximate surface area is 207 Å². The number of nitrogens with zero attached hydrogens (tertiary/aromatic N) is 3. The number of hydrogen-bond donors (Lipinski definition) is 0. The van der Waals surface area contributed by atoms with E-state index < -0.39 is 11.2 Å². The summed E-state index contributed by atoms with van der Waals surface area (Å²) in [5, 5.41) is 0.303. The first-order valence-electron chi connectivity index (χ1n) is 12.0. The minimum atomic E-state index is -0.596. The molecule has 1 atom stereocenters. The molecule has 1 saturated heterocycles. The molecule has 0 N–H and O–H groups in total. The number of carbonyl (C=O) groups excluding carboxylic acids is 1. The number of ketones is 1. The predicted molar refractivity (Wildman–Crippen MR) is 135 cm³/mol. The summed E-state index contributed by atoms with van der Waals surface area (Å²) in [5.41, 5.74) is 0.672. The molecule has 1 aromatic heterocycles. The molecule has 35 heavy (non-hydrogen) atoms. The van der Waals surface area contributed by atoms with Crippen molar-refractivity contribution in [2.45, 2.75) is 51.1 Å². The van der Waals surface area contributed by atoms with E-state index in [0.717, 1.165) is 32.1 Å². The van der Waals surface area contributed by atoms with Gasteiger partial charge in [-0.15, -0.1) is 0 Å². The summed E-state index contributed by atoms with van der Waals surface area (Å²) in [6.07, 6.45) is 7.46. The maximum absolute atomic E-state index is 15.5. The van der Waals surface area contributed by atoms with E-state index in [4.69, 9.17) is 11.6 Å². The maximum atomic E-state index is 15.5. The van der Waals surface area contributed by atoms with Gasteiger partial charge in [-0.25, -0.2) is 8.78 Å². The lowest BCUT2D eigenvalue weighted by atomic mass is 10.1. The molecule has 5 rings (SSSR count). The van der Waals surface area contributed by atoms with Gasteiger partial charge in [-0.2, -0.15) is 0 Å². The summed E-state index contributed by atoms with van der Waals surface area (Å²) in [6.45, 7) is 2.35. The van der Waals surface area contributed by atoms with Crippen molar-refractivity contribution in [1.82, 2.24) is 4.57 Å². The lowest BCUT2D eigenvalue weighted by Crippen LogP contribution is -2.31. The van der Waals surface area contributed by atoms with Crippen LogP contribution in [0.1, 0.15) is 61.0 Å². The fourth-order valence-corrected chi connectivity index (χ4v) is 5.23. The number of carbonyl (C=O) groups is 1. The molecule has 0 radical (unpaired) electrons. The molecule has 2 aromatic carbocycles. The highest BCUT2D eigenvalue weighted by atomic mass is 35.5. The van der Waals surface area contributed by atoms with Crippen LogP contribution < -0.4 is 10.3 Å². The summed E-state index contributed by atoms with van der Waals surface area (Å²) in [7, 11) is 0. The SMILES string of the molecule is CC(=O)c1cn(C2CC2)c2c(Cl)c(N3CCCC[C@@H](N=Cc4ccccc4F)C3)c(F)cc2c1=O. The van der Waals surface area contributed by atoms with E-state index in [1.54, 1.807) is 24.4 Å². The van der Waals surface area contributed by atoms with Crippen molar-refractivity contribution in [2.24, 2.45) is 4.99 Å². The van der Waals surface area contributed by atoms with Crippen LogP contribution in [-0.4, -0.2) is 35.7 Å². The number of rotatable bonds is 5. The van der Waals surface area contributed by atoms with Crippen LogP contribution in [0, 0.1) is 11.6 Å². The molecule has 2 aliphatic rings. The minimum absolute atomic E-state index is 0.0462. The zero-order chi connectivity index (χ0) is 24.7. The Hall–Kier alpha value is -3.06. The summed E-state index contributed by atoms with van der Waals surface area (Å²) < 4.78 is 31.4. The standard InChI is InChI=1S/C27H26ClF2N3O2/c1-16(34)21-15-33(19-9-10-19)25-20(27(21)35)12-23(30)26(24(25)28)32-11-5-4-7-18(14-32)31-13-17-6-2-3-8-22(17)29/h2-3,6,8,12-13,15,18-19H,4-5,7,9-11,14H2,1H3/t18-/m1/s1. The number of fused-ring (bicyclic) bond motifs is 1. The van der Waals surface area contributed by atoms with Crippen LogP contribution in [0.2, 0.25) is 5.02 Å². The largest absolute Gasteiger partial charge is 0.366 e. The lowest BCUT2D eigenvalue weighted by Gasteiger charge is -2.27. The van der Waals surface area contributed by atoms with Gasteiger partial charge >= 0.3 is 0 Å². The second-order valence-electron chi connectivity index (χ2n) is 9.38. The van der Waals surface area contributed by atoms with Crippen molar-refractivity contribution in [1.29, 1.82) is 0 Å². The molecule has 1 saturated carbocycles. The quantitative estimate of drug-likeness (QED) is 0.323. The van der Waals surface area contributed by atoms with Crippen molar-refractivity contribution in [3.05, 3.63) is 74.5 Å². The normalized spacial score (nSPS) is 18.9. The van der Waals surface area contributed by atoms with Crippen LogP contribution in [0.25, 0.3) is 10.9 Å². The number of halogens is 3. The van der Waals surface area contributed by atoms with Gasteiger partial charge < -0.3 is 9.47 Å². The van der Waals surface area contributed by atoms with Gasteiger partial charge in [-0.3, -0.25) is 14.6 Å². The van der Waals surface area contributed by atoms with Gasteiger partial charge in [0.25, 0.3) is 0 Å². The number of hydrogen-bond acceptors (Lipinski definition) is 4. The Morgan fingerprint density at radius 3 is 2.63 bits per heavy atom. The zero-order valence-electron chi connectivity index (χ0n) is 19.4. The Balaban J connectivity index is 1.56. The number of Topliss-reactive ketones (excluding diaryl/α,β-unsaturated/α-hetero) is 1. The molecule has 5 nitrogen and oxygen atoms in total. The molecule has 0 unspecified atom stereocenters. The highest BCUT2D eigenvalue weighted by Crippen LogP contribution is 2.42. The molecule has 2 fully saturated rings. The fraction of sp³-hybridized carbons (Fsp3) is 0.370. The number of aliphatic imine (C=N–C) groups is 1. The van der Waals surface area contributed by atoms with E-state index in [2.05, 4.69) is 4.99 Å². The third-order valence-corrected chi connectivity index (χ3v) is 7.15. The Morgan fingerprint density at radius 1 is 1.14 bits per heavy atom. The third-order valence-electron chi connectivity index (χ3n) is 6.80. The molecule has 3 aromatic rings. The summed E-state index contributed by atoms with van der Waals surface area (Å²) in [5.74, 6) is -1.29. The number of pyridine rings is 1. The highest BCUT2D eigenvalue weighted by Gasteiger charge is 2.30. The molecule has 8 heteroatoms. The van der Waals surface area contributed by atoms with E-state index in [1.165, 1.54) is 25.3 Å². The Bertz CT molecular complexity index is 1400. The van der Waals surface area contributed by atoms with Gasteiger partial charge in [0.1, 0.15) is 11.6 Å². The van der Waals surface area contributed by atoms with Crippen LogP contribution >= 0.6 is 11.6 Å². The lowest BCUT2D eigenvalue weighted by molar-refractivity contribution is 0.101. The van der Waals surface area contributed by atoms with Gasteiger partial charge in [0.05, 0.1) is 33.2 Å². The van der Waals surface area contributed by atoms with E-state index >= 15 is 4.39 Å². The van der Waals surface area contributed by atoms with Crippen molar-refractivity contribution in [3.8, 4) is 0 Å². The first kappa shape index (κ1) is 23.7. The van der Waals surface area contributed by atoms with Crippen LogP contribution in [0.3, 0.4) is 0 Å². The van der Waals surface area contributed by atoms with Crippen molar-refractivity contribution < 1.29 is 13.6 Å². The van der Waals surface area contributed by atoms with E-state index in [1.807, 2.05) is 9.47 Å². The van der Waals surface area contributed by atoms with Crippen molar-refractivity contribution >= 4 is 40.2 Å². The molecule has 1 aliphatic heterocycles. The summed E-state index contributed by atoms with van der Waals surface area (Å²) in [6, 6.07) is 7.63. The van der Waals surface area contributed by atoms with Gasteiger partial charge in [0.15, 0.2) is 11.2 Å². The minimum Gasteiger partial charge on any atom is -0.366 e. The van der Waals surface area contributed by atoms with Crippen LogP contribution in [0.5, 0.6) is 0 Å². The van der Waals surface area contributed by atoms with Crippen LogP contribution in [0.4, 0.5) is 14.5 Å². The smallest absolute Gasteiger partial charge is 0.200 e. The maximum Gasteiger partial charge on any atom is 0.200 e. The molecule has 0 bridgehead atoms. The number of aromatic nitrogens is 1. The second-order valence-corrected chi connectivity index (χ2v) is 9.76. The van der Waals surface area contributed by atoms with Crippen LogP contribution in [-0.2, 0) is 0 Å². The second kappa shape index (κ2) is 9.53. The number of anilines is 1. The van der Waals surface area contributed by atoms with E-state index in [-0.39, 0.29) is 45.3 Å². The van der Waals surface area contributed by atoms with Crippen LogP contribution in [0.15, 0.2) is 46.3 Å². The molecule has 0 amide bonds. The average Bonchev–Trinajstić information content (AvgIpc) is 3.67. The number of benzene rings is 2.